The topological polar surface area (TPSA) is 81.2 Å². The molecule has 1 saturated heterocycles. The zero-order valence-corrected chi connectivity index (χ0v) is 21.3. The predicted molar refractivity (Wildman–Crippen MR) is 146 cm³/mol. The van der Waals surface area contributed by atoms with Gasteiger partial charge in [0.15, 0.2) is 11.5 Å². The van der Waals surface area contributed by atoms with Crippen molar-refractivity contribution in [2.75, 3.05) is 52.0 Å². The number of H-pyrrole nitrogens is 1. The van der Waals surface area contributed by atoms with E-state index in [4.69, 9.17) is 28.9 Å². The largest absolute Gasteiger partial charge is 0.493 e. The Morgan fingerprint density at radius 1 is 1.03 bits per heavy atom. The van der Waals surface area contributed by atoms with Crippen molar-refractivity contribution in [2.24, 2.45) is 4.99 Å². The molecule has 0 unspecified atom stereocenters. The van der Waals surface area contributed by atoms with Crippen molar-refractivity contribution in [3.63, 3.8) is 0 Å². The number of aromatic nitrogens is 2. The van der Waals surface area contributed by atoms with Crippen molar-refractivity contribution in [3.05, 3.63) is 77.6 Å². The Morgan fingerprint density at radius 2 is 1.86 bits per heavy atom. The number of nitrogens with zero attached hydrogens (tertiary/aromatic N) is 3. The van der Waals surface area contributed by atoms with E-state index in [0.29, 0.717) is 37.9 Å². The number of morpholine rings is 1. The third-order valence-electron chi connectivity index (χ3n) is 6.39. The molecule has 2 aromatic carbocycles. The molecule has 5 rings (SSSR count). The molecule has 8 heteroatoms. The first-order valence-corrected chi connectivity index (χ1v) is 12.5. The summed E-state index contributed by atoms with van der Waals surface area (Å²) in [6.45, 7) is 3.99. The van der Waals surface area contributed by atoms with Gasteiger partial charge in [0.05, 0.1) is 46.3 Å². The first kappa shape index (κ1) is 24.6. The highest BCUT2D eigenvalue weighted by molar-refractivity contribution is 5.98. The highest BCUT2D eigenvalue weighted by Gasteiger charge is 2.15. The lowest BCUT2D eigenvalue weighted by molar-refractivity contribution is 0.122. The van der Waals surface area contributed by atoms with Crippen LogP contribution in [-0.2, 0) is 17.7 Å². The number of anilines is 1. The Bertz CT molecular complexity index is 1360. The van der Waals surface area contributed by atoms with Crippen molar-refractivity contribution in [2.45, 2.75) is 13.0 Å². The maximum absolute atomic E-state index is 6.20. The van der Waals surface area contributed by atoms with Crippen LogP contribution in [0.25, 0.3) is 10.9 Å². The third kappa shape index (κ3) is 6.03. The van der Waals surface area contributed by atoms with E-state index in [-0.39, 0.29) is 0 Å². The number of aliphatic imine (C=N–C) groups is 1. The van der Waals surface area contributed by atoms with Crippen LogP contribution >= 0.6 is 0 Å². The number of fused-ring (bicyclic) bond motifs is 1. The Hall–Kier alpha value is -4.04. The first-order chi connectivity index (χ1) is 18.2. The van der Waals surface area contributed by atoms with Crippen LogP contribution in [0, 0.1) is 0 Å². The maximum Gasteiger partial charge on any atom is 0.160 e. The van der Waals surface area contributed by atoms with Crippen molar-refractivity contribution in [3.8, 4) is 17.2 Å². The van der Waals surface area contributed by atoms with Crippen LogP contribution in [0.5, 0.6) is 17.2 Å². The number of rotatable bonds is 10. The van der Waals surface area contributed by atoms with Crippen LogP contribution in [0.3, 0.4) is 0 Å². The number of nitrogens with one attached hydrogen (secondary N) is 1. The van der Waals surface area contributed by atoms with Gasteiger partial charge in [-0.05, 0) is 23.8 Å². The van der Waals surface area contributed by atoms with Gasteiger partial charge in [0.1, 0.15) is 11.6 Å². The molecule has 1 aliphatic heterocycles. The van der Waals surface area contributed by atoms with E-state index >= 15 is 0 Å². The van der Waals surface area contributed by atoms with E-state index < -0.39 is 0 Å². The van der Waals surface area contributed by atoms with Gasteiger partial charge in [0.2, 0.25) is 0 Å². The quantitative estimate of drug-likeness (QED) is 0.319. The van der Waals surface area contributed by atoms with E-state index in [0.717, 1.165) is 58.8 Å². The van der Waals surface area contributed by atoms with Crippen LogP contribution in [0.4, 0.5) is 5.82 Å². The highest BCUT2D eigenvalue weighted by atomic mass is 16.5. The number of hydrogen-bond donors (Lipinski definition) is 1. The minimum atomic E-state index is 0.462. The van der Waals surface area contributed by atoms with Gasteiger partial charge in [-0.25, -0.2) is 4.98 Å². The molecule has 37 heavy (non-hydrogen) atoms. The Labute approximate surface area is 216 Å². The van der Waals surface area contributed by atoms with E-state index in [1.165, 1.54) is 0 Å². The second-order valence-electron chi connectivity index (χ2n) is 8.80. The summed E-state index contributed by atoms with van der Waals surface area (Å²) in [4.78, 5) is 15.1. The molecular formula is C29H32N4O4. The molecule has 1 aliphatic rings. The normalized spacial score (nSPS) is 13.8. The molecule has 2 aromatic heterocycles. The highest BCUT2D eigenvalue weighted by Crippen LogP contribution is 2.28. The lowest BCUT2D eigenvalue weighted by Crippen LogP contribution is -2.36. The second kappa shape index (κ2) is 11.8. The van der Waals surface area contributed by atoms with E-state index in [1.807, 2.05) is 54.9 Å². The molecule has 192 valence electrons. The van der Waals surface area contributed by atoms with Gasteiger partial charge in [-0.1, -0.05) is 24.3 Å². The fraction of sp³-hybridized carbons (Fsp3) is 0.310. The predicted octanol–water partition coefficient (Wildman–Crippen LogP) is 4.66. The Balaban J connectivity index is 1.30. The zero-order chi connectivity index (χ0) is 25.5. The van der Waals surface area contributed by atoms with Crippen molar-refractivity contribution in [1.29, 1.82) is 0 Å². The third-order valence-corrected chi connectivity index (χ3v) is 6.39. The number of methoxy groups -OCH3 is 2. The lowest BCUT2D eigenvalue weighted by Gasteiger charge is -2.28. The summed E-state index contributed by atoms with van der Waals surface area (Å²) in [5, 5.41) is 1.15. The SMILES string of the molecule is COc1ccc(CCOc2cc(CN=Cc3c[nH]c4ccccc34)nc(N3CCOCC3)c2)cc1OC. The average Bonchev–Trinajstić information content (AvgIpc) is 3.36. The monoisotopic (exact) mass is 500 g/mol. The van der Waals surface area contributed by atoms with Gasteiger partial charge < -0.3 is 28.8 Å². The number of hydrogen-bond acceptors (Lipinski definition) is 7. The van der Waals surface area contributed by atoms with Crippen LogP contribution in [0.1, 0.15) is 16.8 Å². The number of benzene rings is 2. The van der Waals surface area contributed by atoms with Crippen LogP contribution in [-0.4, -0.2) is 63.3 Å². The van der Waals surface area contributed by atoms with Gasteiger partial charge in [0.25, 0.3) is 0 Å². The molecule has 0 bridgehead atoms. The van der Waals surface area contributed by atoms with Crippen molar-refractivity contribution >= 4 is 22.9 Å². The Kier molecular flexibility index (Phi) is 7.86. The van der Waals surface area contributed by atoms with Gasteiger partial charge in [-0.3, -0.25) is 4.99 Å². The van der Waals surface area contributed by atoms with E-state index in [1.54, 1.807) is 14.2 Å². The smallest absolute Gasteiger partial charge is 0.160 e. The van der Waals surface area contributed by atoms with Gasteiger partial charge in [0, 0.05) is 60.5 Å². The van der Waals surface area contributed by atoms with Gasteiger partial charge >= 0.3 is 0 Å². The molecule has 1 N–H and O–H groups in total. The Morgan fingerprint density at radius 3 is 2.70 bits per heavy atom. The molecule has 4 aromatic rings. The summed E-state index contributed by atoms with van der Waals surface area (Å²) in [5.41, 5.74) is 4.14. The summed E-state index contributed by atoms with van der Waals surface area (Å²) in [6, 6.07) is 18.1. The molecule has 0 aliphatic carbocycles. The van der Waals surface area contributed by atoms with E-state index in [9.17, 15) is 0 Å². The molecule has 0 amide bonds. The van der Waals surface area contributed by atoms with Gasteiger partial charge in [-0.15, -0.1) is 0 Å². The standard InChI is InChI=1S/C29H32N4O4/c1-34-27-8-7-21(15-28(27)35-2)9-12-37-24-16-23(32-29(17-24)33-10-13-36-14-11-33)20-30-18-22-19-31-26-6-4-3-5-25(22)26/h3-8,15-19,31H,9-14,20H2,1-2H3. The summed E-state index contributed by atoms with van der Waals surface area (Å²) in [5.74, 6) is 3.11. The zero-order valence-electron chi connectivity index (χ0n) is 21.3. The molecule has 0 atom stereocenters. The summed E-state index contributed by atoms with van der Waals surface area (Å²) < 4.78 is 22.5. The second-order valence-corrected chi connectivity index (χ2v) is 8.80. The minimum Gasteiger partial charge on any atom is -0.493 e. The lowest BCUT2D eigenvalue weighted by atomic mass is 10.1. The fourth-order valence-corrected chi connectivity index (χ4v) is 4.42. The summed E-state index contributed by atoms with van der Waals surface area (Å²) >= 11 is 0. The summed E-state index contributed by atoms with van der Waals surface area (Å²) in [6.07, 6.45) is 4.62. The maximum atomic E-state index is 6.20. The molecule has 8 nitrogen and oxygen atoms in total. The van der Waals surface area contributed by atoms with Crippen LogP contribution in [0.15, 0.2) is 65.8 Å². The fourth-order valence-electron chi connectivity index (χ4n) is 4.42. The van der Waals surface area contributed by atoms with Gasteiger partial charge in [-0.2, -0.15) is 0 Å². The number of pyridine rings is 1. The molecule has 0 spiro atoms. The molecular weight excluding hydrogens is 468 g/mol. The molecule has 0 saturated carbocycles. The average molecular weight is 501 g/mol. The molecule has 3 heterocycles. The van der Waals surface area contributed by atoms with Crippen molar-refractivity contribution < 1.29 is 18.9 Å². The minimum absolute atomic E-state index is 0.462. The summed E-state index contributed by atoms with van der Waals surface area (Å²) in [7, 11) is 3.28. The molecule has 1 fully saturated rings. The number of aromatic amines is 1. The number of ether oxygens (including phenoxy) is 4. The van der Waals surface area contributed by atoms with Crippen molar-refractivity contribution in [1.82, 2.24) is 9.97 Å². The van der Waals surface area contributed by atoms with Crippen LogP contribution in [0.2, 0.25) is 0 Å². The van der Waals surface area contributed by atoms with E-state index in [2.05, 4.69) is 22.0 Å². The first-order valence-electron chi connectivity index (χ1n) is 12.5. The van der Waals surface area contributed by atoms with Crippen LogP contribution < -0.4 is 19.1 Å². The molecule has 0 radical (unpaired) electrons. The number of para-hydroxylation sites is 1.